The highest BCUT2D eigenvalue weighted by molar-refractivity contribution is 5.11. The second kappa shape index (κ2) is 3.63. The highest BCUT2D eigenvalue weighted by Crippen LogP contribution is 2.11. The van der Waals surface area contributed by atoms with Gasteiger partial charge in [0.1, 0.15) is 6.61 Å². The third kappa shape index (κ3) is 1.61. The Labute approximate surface area is 72.3 Å². The van der Waals surface area contributed by atoms with Gasteiger partial charge in [-0.2, -0.15) is 0 Å². The number of nitrogens with zero attached hydrogens (tertiary/aromatic N) is 1. The van der Waals surface area contributed by atoms with Gasteiger partial charge in [-0.3, -0.25) is 0 Å². The topological polar surface area (TPSA) is 21.7 Å². The number of morpholine rings is 1. The molecule has 3 heteroatoms. The molecule has 2 rings (SSSR count). The number of hydrogen-bond donors (Lipinski definition) is 0. The van der Waals surface area contributed by atoms with Crippen LogP contribution in [-0.2, 0) is 9.47 Å². The Morgan fingerprint density at radius 3 is 2.75 bits per heavy atom. The molecule has 0 unspecified atom stereocenters. The second-order valence-electron chi connectivity index (χ2n) is 2.84. The summed E-state index contributed by atoms with van der Waals surface area (Å²) in [5.41, 5.74) is 0. The monoisotopic (exact) mass is 167 g/mol. The lowest BCUT2D eigenvalue weighted by Gasteiger charge is -2.30. The van der Waals surface area contributed by atoms with Gasteiger partial charge in [0.2, 0.25) is 0 Å². The molecule has 0 aliphatic carbocycles. The molecule has 1 fully saturated rings. The van der Waals surface area contributed by atoms with Crippen LogP contribution in [0.3, 0.4) is 0 Å². The van der Waals surface area contributed by atoms with Crippen LogP contribution in [0.25, 0.3) is 0 Å². The molecule has 0 amide bonds. The van der Waals surface area contributed by atoms with Crippen molar-refractivity contribution in [1.29, 1.82) is 0 Å². The van der Waals surface area contributed by atoms with E-state index in [4.69, 9.17) is 9.47 Å². The smallest absolute Gasteiger partial charge is 0.189 e. The molecule has 0 saturated carbocycles. The molecule has 0 aromatic carbocycles. The first-order valence-corrected chi connectivity index (χ1v) is 4.29. The van der Waals surface area contributed by atoms with Crippen LogP contribution in [0.15, 0.2) is 24.1 Å². The van der Waals surface area contributed by atoms with E-state index in [9.17, 15) is 0 Å². The van der Waals surface area contributed by atoms with Crippen molar-refractivity contribution in [1.82, 2.24) is 4.90 Å². The molecule has 0 bridgehead atoms. The van der Waals surface area contributed by atoms with E-state index in [0.717, 1.165) is 32.2 Å². The van der Waals surface area contributed by atoms with Gasteiger partial charge in [-0.25, -0.2) is 0 Å². The van der Waals surface area contributed by atoms with E-state index in [1.165, 1.54) is 0 Å². The van der Waals surface area contributed by atoms with Crippen molar-refractivity contribution in [2.24, 2.45) is 0 Å². The van der Waals surface area contributed by atoms with Crippen LogP contribution >= 0.6 is 0 Å². The van der Waals surface area contributed by atoms with Crippen LogP contribution in [0.5, 0.6) is 0 Å². The molecule has 2 heterocycles. The average Bonchev–Trinajstić information content (AvgIpc) is 2.21. The largest absolute Gasteiger partial charge is 0.475 e. The van der Waals surface area contributed by atoms with Crippen LogP contribution < -0.4 is 0 Å². The minimum Gasteiger partial charge on any atom is -0.475 e. The van der Waals surface area contributed by atoms with Gasteiger partial charge in [-0.05, 0) is 12.2 Å². The predicted molar refractivity (Wildman–Crippen MR) is 45.6 cm³/mol. The van der Waals surface area contributed by atoms with E-state index in [1.807, 2.05) is 18.2 Å². The van der Waals surface area contributed by atoms with E-state index < -0.39 is 0 Å². The van der Waals surface area contributed by atoms with Crippen LogP contribution in [0.1, 0.15) is 0 Å². The minimum atomic E-state index is 0.698. The highest BCUT2D eigenvalue weighted by Gasteiger charge is 2.14. The van der Waals surface area contributed by atoms with Crippen molar-refractivity contribution in [2.45, 2.75) is 0 Å². The van der Waals surface area contributed by atoms with Crippen LogP contribution in [0, 0.1) is 0 Å². The average molecular weight is 167 g/mol. The summed E-state index contributed by atoms with van der Waals surface area (Å²) in [4.78, 5) is 2.22. The standard InChI is InChI=1S/C9H13NO2/c1-2-6-12-9(3-1)10-4-7-11-8-5-10/h1-3H,4-8H2. The third-order valence-electron chi connectivity index (χ3n) is 2.03. The summed E-state index contributed by atoms with van der Waals surface area (Å²) in [6.07, 6.45) is 6.05. The zero-order chi connectivity index (χ0) is 8.23. The van der Waals surface area contributed by atoms with Crippen LogP contribution in [0.2, 0.25) is 0 Å². The molecule has 1 saturated heterocycles. The predicted octanol–water partition coefficient (Wildman–Crippen LogP) is 0.746. The summed E-state index contributed by atoms with van der Waals surface area (Å²) in [6.45, 7) is 4.21. The highest BCUT2D eigenvalue weighted by atomic mass is 16.5. The Bertz CT molecular complexity index is 205. The molecule has 66 valence electrons. The summed E-state index contributed by atoms with van der Waals surface area (Å²) >= 11 is 0. The Morgan fingerprint density at radius 2 is 2.08 bits per heavy atom. The van der Waals surface area contributed by atoms with Gasteiger partial charge in [0.15, 0.2) is 5.88 Å². The molecule has 0 radical (unpaired) electrons. The number of ether oxygens (including phenoxy) is 2. The SMILES string of the molecule is C1=CCOC(N2CCOCC2)=C1. The lowest BCUT2D eigenvalue weighted by Crippen LogP contribution is -2.36. The fraction of sp³-hybridized carbons (Fsp3) is 0.556. The Hall–Kier alpha value is -0.960. The molecular weight excluding hydrogens is 154 g/mol. The lowest BCUT2D eigenvalue weighted by molar-refractivity contribution is 0.0178. The molecule has 0 aromatic heterocycles. The molecule has 2 aliphatic heterocycles. The summed E-state index contributed by atoms with van der Waals surface area (Å²) < 4.78 is 10.7. The van der Waals surface area contributed by atoms with Gasteiger partial charge in [0.05, 0.1) is 13.2 Å². The molecule has 2 aliphatic rings. The zero-order valence-electron chi connectivity index (χ0n) is 7.03. The summed E-state index contributed by atoms with van der Waals surface area (Å²) in [7, 11) is 0. The van der Waals surface area contributed by atoms with Crippen LogP contribution in [-0.4, -0.2) is 37.8 Å². The second-order valence-corrected chi connectivity index (χ2v) is 2.84. The number of rotatable bonds is 1. The fourth-order valence-electron chi connectivity index (χ4n) is 1.37. The van der Waals surface area contributed by atoms with Crippen molar-refractivity contribution in [2.75, 3.05) is 32.9 Å². The van der Waals surface area contributed by atoms with Crippen molar-refractivity contribution in [3.8, 4) is 0 Å². The first-order valence-electron chi connectivity index (χ1n) is 4.29. The van der Waals surface area contributed by atoms with Crippen LogP contribution in [0.4, 0.5) is 0 Å². The maximum Gasteiger partial charge on any atom is 0.189 e. The van der Waals surface area contributed by atoms with E-state index in [2.05, 4.69) is 4.90 Å². The Kier molecular flexibility index (Phi) is 2.32. The first-order chi connectivity index (χ1) is 5.97. The first kappa shape index (κ1) is 7.68. The molecule has 0 N–H and O–H groups in total. The third-order valence-corrected chi connectivity index (χ3v) is 2.03. The van der Waals surface area contributed by atoms with E-state index in [1.54, 1.807) is 0 Å². The van der Waals surface area contributed by atoms with Gasteiger partial charge in [-0.15, -0.1) is 0 Å². The molecule has 3 nitrogen and oxygen atoms in total. The van der Waals surface area contributed by atoms with E-state index in [-0.39, 0.29) is 0 Å². The minimum absolute atomic E-state index is 0.698. The van der Waals surface area contributed by atoms with Crippen molar-refractivity contribution in [3.63, 3.8) is 0 Å². The summed E-state index contributed by atoms with van der Waals surface area (Å²) in [5, 5.41) is 0. The van der Waals surface area contributed by atoms with Crippen molar-refractivity contribution in [3.05, 3.63) is 24.1 Å². The quantitative estimate of drug-likeness (QED) is 0.575. The maximum absolute atomic E-state index is 5.46. The van der Waals surface area contributed by atoms with Gasteiger partial charge < -0.3 is 14.4 Å². The van der Waals surface area contributed by atoms with Gasteiger partial charge in [0, 0.05) is 13.1 Å². The summed E-state index contributed by atoms with van der Waals surface area (Å²) in [5.74, 6) is 0.987. The van der Waals surface area contributed by atoms with Gasteiger partial charge >= 0.3 is 0 Å². The lowest BCUT2D eigenvalue weighted by atomic mass is 10.3. The van der Waals surface area contributed by atoms with E-state index in [0.29, 0.717) is 6.61 Å². The number of hydrogen-bond acceptors (Lipinski definition) is 3. The molecule has 0 atom stereocenters. The molecule has 0 spiro atoms. The molecule has 12 heavy (non-hydrogen) atoms. The van der Waals surface area contributed by atoms with Gasteiger partial charge in [-0.1, -0.05) is 6.08 Å². The normalized spacial score (nSPS) is 23.3. The maximum atomic E-state index is 5.46. The van der Waals surface area contributed by atoms with Gasteiger partial charge in [0.25, 0.3) is 0 Å². The molecule has 0 aromatic rings. The van der Waals surface area contributed by atoms with Crippen molar-refractivity contribution >= 4 is 0 Å². The number of allylic oxidation sites excluding steroid dienone is 2. The Balaban J connectivity index is 1.97. The Morgan fingerprint density at radius 1 is 1.25 bits per heavy atom. The fourth-order valence-corrected chi connectivity index (χ4v) is 1.37. The summed E-state index contributed by atoms with van der Waals surface area (Å²) in [6, 6.07) is 0. The zero-order valence-corrected chi connectivity index (χ0v) is 7.03. The molecular formula is C9H13NO2. The van der Waals surface area contributed by atoms with Crippen molar-refractivity contribution < 1.29 is 9.47 Å². The van der Waals surface area contributed by atoms with E-state index >= 15 is 0 Å².